The summed E-state index contributed by atoms with van der Waals surface area (Å²) in [6.07, 6.45) is 6.42. The predicted octanol–water partition coefficient (Wildman–Crippen LogP) is 4.44. The fourth-order valence-electron chi connectivity index (χ4n) is 1.40. The molecule has 2 rings (SSSR count). The number of rotatable bonds is 3. The molecular weight excluding hydrogens is 253 g/mol. The van der Waals surface area contributed by atoms with Crippen LogP contribution in [-0.4, -0.2) is 4.98 Å². The quantitative estimate of drug-likeness (QED) is 0.797. The molecule has 0 atom stereocenters. The number of benzene rings is 1. The Bertz CT molecular complexity index is 518. The van der Waals surface area contributed by atoms with Gasteiger partial charge < -0.3 is 0 Å². The lowest BCUT2D eigenvalue weighted by molar-refractivity contribution is 1.11. The van der Waals surface area contributed by atoms with Gasteiger partial charge in [-0.05, 0) is 23.8 Å². The molecule has 1 heterocycles. The van der Waals surface area contributed by atoms with Crippen molar-refractivity contribution in [3.8, 4) is 0 Å². The van der Waals surface area contributed by atoms with Crippen molar-refractivity contribution >= 4 is 29.3 Å². The lowest BCUT2D eigenvalue weighted by Gasteiger charge is -1.98. The summed E-state index contributed by atoms with van der Waals surface area (Å²) in [7, 11) is 0. The standard InChI is InChI=1S/C14H10Cl2N/c15-12-8-6-11(7-9-12)3-1-5-14-13(16)4-2-10-17-14/h1-3,6-10H,5H2. The van der Waals surface area contributed by atoms with Crippen molar-refractivity contribution in [1.29, 1.82) is 0 Å². The molecule has 0 unspecified atom stereocenters. The van der Waals surface area contributed by atoms with Crippen molar-refractivity contribution in [3.63, 3.8) is 0 Å². The molecule has 1 radical (unpaired) electrons. The van der Waals surface area contributed by atoms with E-state index in [9.17, 15) is 0 Å². The first-order chi connectivity index (χ1) is 8.25. The minimum atomic E-state index is 0.577. The van der Waals surface area contributed by atoms with Crippen LogP contribution < -0.4 is 0 Å². The Hall–Kier alpha value is -1.31. The first kappa shape index (κ1) is 12.2. The Morgan fingerprint density at radius 3 is 2.65 bits per heavy atom. The predicted molar refractivity (Wildman–Crippen MR) is 72.3 cm³/mol. The average molecular weight is 263 g/mol. The normalized spacial score (nSPS) is 10.9. The molecule has 0 aliphatic heterocycles. The van der Waals surface area contributed by atoms with Gasteiger partial charge in [0.25, 0.3) is 0 Å². The molecule has 0 amide bonds. The van der Waals surface area contributed by atoms with Gasteiger partial charge in [-0.1, -0.05) is 47.5 Å². The highest BCUT2D eigenvalue weighted by atomic mass is 35.5. The molecule has 1 aromatic heterocycles. The van der Waals surface area contributed by atoms with Crippen LogP contribution in [0.15, 0.2) is 42.6 Å². The van der Waals surface area contributed by atoms with Gasteiger partial charge in [-0.2, -0.15) is 0 Å². The van der Waals surface area contributed by atoms with Crippen LogP contribution in [0.1, 0.15) is 11.3 Å². The average Bonchev–Trinajstić information content (AvgIpc) is 2.34. The minimum absolute atomic E-state index is 0.577. The maximum atomic E-state index is 5.96. The molecule has 1 aromatic carbocycles. The summed E-state index contributed by atoms with van der Waals surface area (Å²) in [4.78, 5) is 4.19. The zero-order valence-electron chi connectivity index (χ0n) is 9.03. The second-order valence-electron chi connectivity index (χ2n) is 3.51. The first-order valence-corrected chi connectivity index (χ1v) is 5.94. The number of aromatic nitrogens is 1. The van der Waals surface area contributed by atoms with Crippen LogP contribution in [0.2, 0.25) is 10.0 Å². The minimum Gasteiger partial charge on any atom is -0.259 e. The smallest absolute Gasteiger partial charge is 0.0703 e. The van der Waals surface area contributed by atoms with Gasteiger partial charge in [0.05, 0.1) is 10.7 Å². The second kappa shape index (κ2) is 5.85. The van der Waals surface area contributed by atoms with Crippen LogP contribution >= 0.6 is 23.2 Å². The van der Waals surface area contributed by atoms with E-state index in [0.29, 0.717) is 11.4 Å². The van der Waals surface area contributed by atoms with Gasteiger partial charge in [0.1, 0.15) is 0 Å². The van der Waals surface area contributed by atoms with E-state index in [1.165, 1.54) is 0 Å². The van der Waals surface area contributed by atoms with E-state index in [1.54, 1.807) is 12.3 Å². The van der Waals surface area contributed by atoms with Crippen LogP contribution in [-0.2, 0) is 6.42 Å². The molecule has 0 saturated carbocycles. The van der Waals surface area contributed by atoms with Crippen molar-refractivity contribution in [2.45, 2.75) is 6.42 Å². The van der Waals surface area contributed by atoms with Gasteiger partial charge in [-0.15, -0.1) is 0 Å². The van der Waals surface area contributed by atoms with Crippen molar-refractivity contribution in [2.75, 3.05) is 0 Å². The Balaban J connectivity index is 2.03. The number of nitrogens with zero attached hydrogens (tertiary/aromatic N) is 1. The van der Waals surface area contributed by atoms with E-state index >= 15 is 0 Å². The molecule has 85 valence electrons. The van der Waals surface area contributed by atoms with Crippen LogP contribution in [0.4, 0.5) is 0 Å². The first-order valence-electron chi connectivity index (χ1n) is 5.19. The maximum Gasteiger partial charge on any atom is 0.0703 e. The monoisotopic (exact) mass is 262 g/mol. The number of halogens is 2. The highest BCUT2D eigenvalue weighted by Gasteiger charge is 1.97. The van der Waals surface area contributed by atoms with Crippen molar-refractivity contribution in [1.82, 2.24) is 4.98 Å². The third-order valence-corrected chi connectivity index (χ3v) is 2.84. The lowest BCUT2D eigenvalue weighted by atomic mass is 10.2. The molecule has 2 aromatic rings. The highest BCUT2D eigenvalue weighted by molar-refractivity contribution is 6.31. The third kappa shape index (κ3) is 3.58. The fraction of sp³-hybridized carbons (Fsp3) is 0.0714. The SMILES string of the molecule is Clc1ccc(C=CCc2ncc[c]c2Cl)cc1. The van der Waals surface area contributed by atoms with Crippen LogP contribution in [0.25, 0.3) is 6.08 Å². The molecule has 0 aliphatic carbocycles. The van der Waals surface area contributed by atoms with Gasteiger partial charge in [0, 0.05) is 23.7 Å². The molecule has 0 bridgehead atoms. The molecule has 3 heteroatoms. The van der Waals surface area contributed by atoms with Gasteiger partial charge in [0.15, 0.2) is 0 Å². The topological polar surface area (TPSA) is 12.9 Å². The summed E-state index contributed by atoms with van der Waals surface area (Å²) in [5, 5.41) is 1.32. The van der Waals surface area contributed by atoms with Gasteiger partial charge >= 0.3 is 0 Å². The second-order valence-corrected chi connectivity index (χ2v) is 4.32. The molecule has 1 nitrogen and oxygen atoms in total. The molecule has 17 heavy (non-hydrogen) atoms. The summed E-state index contributed by atoms with van der Waals surface area (Å²) in [6, 6.07) is 12.3. The van der Waals surface area contributed by atoms with E-state index in [0.717, 1.165) is 16.3 Å². The van der Waals surface area contributed by atoms with E-state index in [-0.39, 0.29) is 0 Å². The van der Waals surface area contributed by atoms with Gasteiger partial charge in [-0.25, -0.2) is 0 Å². The number of hydrogen-bond donors (Lipinski definition) is 0. The molecule has 0 saturated heterocycles. The Kier molecular flexibility index (Phi) is 4.18. The number of pyridine rings is 1. The third-order valence-electron chi connectivity index (χ3n) is 2.26. The van der Waals surface area contributed by atoms with Gasteiger partial charge in [-0.3, -0.25) is 4.98 Å². The van der Waals surface area contributed by atoms with E-state index in [2.05, 4.69) is 11.1 Å². The van der Waals surface area contributed by atoms with Crippen LogP contribution in [0.5, 0.6) is 0 Å². The highest BCUT2D eigenvalue weighted by Crippen LogP contribution is 2.14. The van der Waals surface area contributed by atoms with E-state index in [4.69, 9.17) is 23.2 Å². The van der Waals surface area contributed by atoms with Crippen molar-refractivity contribution in [3.05, 3.63) is 70.0 Å². The zero-order valence-corrected chi connectivity index (χ0v) is 10.5. The number of hydrogen-bond acceptors (Lipinski definition) is 1. The van der Waals surface area contributed by atoms with Crippen molar-refractivity contribution in [2.24, 2.45) is 0 Å². The van der Waals surface area contributed by atoms with Gasteiger partial charge in [0.2, 0.25) is 0 Å². The largest absolute Gasteiger partial charge is 0.259 e. The maximum absolute atomic E-state index is 5.96. The zero-order chi connectivity index (χ0) is 12.1. The fourth-order valence-corrected chi connectivity index (χ4v) is 1.72. The summed E-state index contributed by atoms with van der Waals surface area (Å²) in [6.45, 7) is 0. The summed E-state index contributed by atoms with van der Waals surface area (Å²) in [5.41, 5.74) is 1.94. The number of allylic oxidation sites excluding steroid dienone is 1. The summed E-state index contributed by atoms with van der Waals surface area (Å²) in [5.74, 6) is 0. The molecule has 0 N–H and O–H groups in total. The molecule has 0 spiro atoms. The lowest BCUT2D eigenvalue weighted by Crippen LogP contribution is -1.87. The Morgan fingerprint density at radius 2 is 1.94 bits per heavy atom. The van der Waals surface area contributed by atoms with Crippen LogP contribution in [0, 0.1) is 6.07 Å². The summed E-state index contributed by atoms with van der Waals surface area (Å²) >= 11 is 11.8. The summed E-state index contributed by atoms with van der Waals surface area (Å²) < 4.78 is 0. The van der Waals surface area contributed by atoms with E-state index in [1.807, 2.05) is 36.4 Å². The molecular formula is C14H10Cl2N. The Morgan fingerprint density at radius 1 is 1.18 bits per heavy atom. The molecule has 0 aliphatic rings. The van der Waals surface area contributed by atoms with Crippen LogP contribution in [0.3, 0.4) is 0 Å². The Labute approximate surface area is 111 Å². The molecule has 0 fully saturated rings. The van der Waals surface area contributed by atoms with Crippen molar-refractivity contribution < 1.29 is 0 Å². The van der Waals surface area contributed by atoms with E-state index < -0.39 is 0 Å².